The van der Waals surface area contributed by atoms with Crippen molar-refractivity contribution in [2.24, 2.45) is 0 Å². The zero-order chi connectivity index (χ0) is 14.5. The van der Waals surface area contributed by atoms with Gasteiger partial charge in [0.15, 0.2) is 0 Å². The van der Waals surface area contributed by atoms with E-state index in [1.807, 2.05) is 0 Å². The molecule has 2 N–H and O–H groups in total. The topological polar surface area (TPSA) is 62.2 Å². The Labute approximate surface area is 126 Å². The Bertz CT molecular complexity index is 585. The highest BCUT2D eigenvalue weighted by Gasteiger charge is 2.16. The van der Waals surface area contributed by atoms with Crippen molar-refractivity contribution in [1.29, 1.82) is 0 Å². The molecule has 0 spiro atoms. The van der Waals surface area contributed by atoms with E-state index in [0.717, 1.165) is 0 Å². The van der Waals surface area contributed by atoms with E-state index in [2.05, 4.69) is 10.3 Å². The fourth-order valence-corrected chi connectivity index (χ4v) is 2.36. The minimum atomic E-state index is -0.983. The lowest BCUT2D eigenvalue weighted by molar-refractivity contribution is 0.0911. The number of pyridine rings is 1. The van der Waals surface area contributed by atoms with Crippen LogP contribution in [0.15, 0.2) is 42.6 Å². The molecule has 0 saturated carbocycles. The quantitative estimate of drug-likeness (QED) is 0.912. The molecule has 2 aromatic rings. The largest absolute Gasteiger partial charge is 0.386 e. The van der Waals surface area contributed by atoms with E-state index >= 15 is 0 Å². The zero-order valence-electron chi connectivity index (χ0n) is 10.4. The van der Waals surface area contributed by atoms with E-state index < -0.39 is 6.10 Å². The lowest BCUT2D eigenvalue weighted by atomic mass is 10.1. The maximum absolute atomic E-state index is 11.8. The molecule has 0 aliphatic carbocycles. The number of nitrogens with zero attached hydrogens (tertiary/aromatic N) is 1. The van der Waals surface area contributed by atoms with Crippen molar-refractivity contribution in [2.75, 3.05) is 6.54 Å². The molecule has 0 radical (unpaired) electrons. The van der Waals surface area contributed by atoms with Crippen LogP contribution in [0.2, 0.25) is 10.0 Å². The van der Waals surface area contributed by atoms with Crippen molar-refractivity contribution in [1.82, 2.24) is 10.3 Å². The number of amides is 1. The van der Waals surface area contributed by atoms with Gasteiger partial charge in [0.25, 0.3) is 5.91 Å². The Hall–Kier alpha value is -1.62. The predicted molar refractivity (Wildman–Crippen MR) is 78.0 cm³/mol. The van der Waals surface area contributed by atoms with Gasteiger partial charge in [0.2, 0.25) is 0 Å². The van der Waals surface area contributed by atoms with Crippen LogP contribution in [0.4, 0.5) is 0 Å². The van der Waals surface area contributed by atoms with Crippen molar-refractivity contribution in [3.05, 3.63) is 63.9 Å². The van der Waals surface area contributed by atoms with Crippen molar-refractivity contribution in [3.63, 3.8) is 0 Å². The zero-order valence-corrected chi connectivity index (χ0v) is 11.9. The third kappa shape index (κ3) is 3.48. The van der Waals surface area contributed by atoms with Gasteiger partial charge in [-0.25, -0.2) is 0 Å². The molecule has 1 amide bonds. The molecule has 104 valence electrons. The van der Waals surface area contributed by atoms with Gasteiger partial charge in [0, 0.05) is 28.4 Å². The summed E-state index contributed by atoms with van der Waals surface area (Å²) < 4.78 is 0. The second kappa shape index (κ2) is 6.70. The van der Waals surface area contributed by atoms with Gasteiger partial charge >= 0.3 is 0 Å². The Morgan fingerprint density at radius 3 is 2.50 bits per heavy atom. The number of hydrogen-bond donors (Lipinski definition) is 2. The highest BCUT2D eigenvalue weighted by molar-refractivity contribution is 6.36. The number of carbonyl (C=O) groups is 1. The minimum Gasteiger partial charge on any atom is -0.386 e. The second-order valence-electron chi connectivity index (χ2n) is 4.08. The lowest BCUT2D eigenvalue weighted by Gasteiger charge is -2.15. The van der Waals surface area contributed by atoms with E-state index in [0.29, 0.717) is 15.6 Å². The van der Waals surface area contributed by atoms with Crippen LogP contribution >= 0.6 is 23.2 Å². The van der Waals surface area contributed by atoms with Gasteiger partial charge in [-0.15, -0.1) is 0 Å². The summed E-state index contributed by atoms with van der Waals surface area (Å²) in [6.07, 6.45) is 0.542. The smallest absolute Gasteiger partial charge is 0.269 e. The Balaban J connectivity index is 2.02. The summed E-state index contributed by atoms with van der Waals surface area (Å²) in [5, 5.41) is 13.4. The summed E-state index contributed by atoms with van der Waals surface area (Å²) >= 11 is 12.0. The number of aliphatic hydroxyl groups is 1. The van der Waals surface area contributed by atoms with Gasteiger partial charge in [0.1, 0.15) is 5.69 Å². The van der Waals surface area contributed by atoms with Gasteiger partial charge in [-0.1, -0.05) is 35.3 Å². The van der Waals surface area contributed by atoms with Crippen LogP contribution in [0.3, 0.4) is 0 Å². The van der Waals surface area contributed by atoms with Crippen molar-refractivity contribution >= 4 is 29.1 Å². The minimum absolute atomic E-state index is 0.00113. The third-order valence-corrected chi connectivity index (χ3v) is 3.35. The molecular formula is C14H12Cl2N2O2. The first-order valence-corrected chi connectivity index (χ1v) is 6.66. The van der Waals surface area contributed by atoms with Gasteiger partial charge in [0.05, 0.1) is 6.10 Å². The normalized spacial score (nSPS) is 11.9. The summed E-state index contributed by atoms with van der Waals surface area (Å²) in [7, 11) is 0. The Morgan fingerprint density at radius 2 is 1.90 bits per heavy atom. The summed E-state index contributed by atoms with van der Waals surface area (Å²) in [5.41, 5.74) is 0.683. The molecule has 6 heteroatoms. The van der Waals surface area contributed by atoms with Crippen LogP contribution in [0.25, 0.3) is 0 Å². The van der Waals surface area contributed by atoms with Gasteiger partial charge in [-0.3, -0.25) is 9.78 Å². The van der Waals surface area contributed by atoms with Crippen LogP contribution in [-0.4, -0.2) is 22.5 Å². The lowest BCUT2D eigenvalue weighted by Crippen LogP contribution is -2.29. The number of benzene rings is 1. The van der Waals surface area contributed by atoms with Crippen LogP contribution in [0.1, 0.15) is 22.2 Å². The van der Waals surface area contributed by atoms with E-state index in [1.54, 1.807) is 36.4 Å². The second-order valence-corrected chi connectivity index (χ2v) is 4.89. The first-order chi connectivity index (χ1) is 9.59. The summed E-state index contributed by atoms with van der Waals surface area (Å²) in [6, 6.07) is 9.97. The first-order valence-electron chi connectivity index (χ1n) is 5.91. The molecule has 2 rings (SSSR count). The monoisotopic (exact) mass is 310 g/mol. The number of nitrogens with one attached hydrogen (secondary N) is 1. The van der Waals surface area contributed by atoms with Crippen molar-refractivity contribution in [2.45, 2.75) is 6.10 Å². The molecule has 0 saturated heterocycles. The molecule has 20 heavy (non-hydrogen) atoms. The summed E-state index contributed by atoms with van der Waals surface area (Å²) in [5.74, 6) is -0.368. The van der Waals surface area contributed by atoms with E-state index in [9.17, 15) is 9.90 Å². The molecule has 0 fully saturated rings. The van der Waals surface area contributed by atoms with Crippen molar-refractivity contribution < 1.29 is 9.90 Å². The highest BCUT2D eigenvalue weighted by Crippen LogP contribution is 2.29. The number of hydrogen-bond acceptors (Lipinski definition) is 3. The van der Waals surface area contributed by atoms with Crippen LogP contribution in [0, 0.1) is 0 Å². The summed E-state index contributed by atoms with van der Waals surface area (Å²) in [4.78, 5) is 15.7. The molecule has 1 aromatic carbocycles. The Kier molecular flexibility index (Phi) is 4.95. The molecule has 0 aliphatic rings. The molecule has 0 bridgehead atoms. The number of aromatic nitrogens is 1. The standard InChI is InChI=1S/C14H12Cl2N2O2/c15-9-4-3-5-10(16)13(9)12(19)8-18-14(20)11-6-1-2-7-17-11/h1-7,12,19H,8H2,(H,18,20)/t12-/m1/s1. The average Bonchev–Trinajstić information content (AvgIpc) is 2.45. The summed E-state index contributed by atoms with van der Waals surface area (Å²) in [6.45, 7) is -0.00113. The maximum Gasteiger partial charge on any atom is 0.269 e. The average molecular weight is 311 g/mol. The molecule has 1 aromatic heterocycles. The number of carbonyl (C=O) groups excluding carboxylic acids is 1. The molecule has 4 nitrogen and oxygen atoms in total. The van der Waals surface area contributed by atoms with E-state index in [1.165, 1.54) is 6.20 Å². The highest BCUT2D eigenvalue weighted by atomic mass is 35.5. The predicted octanol–water partition coefficient (Wildman–Crippen LogP) is 2.85. The number of halogens is 2. The number of aliphatic hydroxyl groups excluding tert-OH is 1. The molecule has 1 heterocycles. The van der Waals surface area contributed by atoms with Gasteiger partial charge in [-0.05, 0) is 24.3 Å². The molecule has 0 unspecified atom stereocenters. The van der Waals surface area contributed by atoms with Crippen LogP contribution in [0.5, 0.6) is 0 Å². The Morgan fingerprint density at radius 1 is 1.20 bits per heavy atom. The fourth-order valence-electron chi connectivity index (χ4n) is 1.71. The SMILES string of the molecule is O=C(NC[C@@H](O)c1c(Cl)cccc1Cl)c1ccccn1. The van der Waals surface area contributed by atoms with Crippen molar-refractivity contribution in [3.8, 4) is 0 Å². The first kappa shape index (κ1) is 14.8. The maximum atomic E-state index is 11.8. The third-order valence-electron chi connectivity index (χ3n) is 2.69. The molecule has 1 atom stereocenters. The van der Waals surface area contributed by atoms with Crippen LogP contribution in [-0.2, 0) is 0 Å². The van der Waals surface area contributed by atoms with E-state index in [-0.39, 0.29) is 18.1 Å². The fraction of sp³-hybridized carbons (Fsp3) is 0.143. The number of rotatable bonds is 4. The van der Waals surface area contributed by atoms with Gasteiger partial charge < -0.3 is 10.4 Å². The van der Waals surface area contributed by atoms with Crippen LogP contribution < -0.4 is 5.32 Å². The van der Waals surface area contributed by atoms with Gasteiger partial charge in [-0.2, -0.15) is 0 Å². The molecular weight excluding hydrogens is 299 g/mol. The van der Waals surface area contributed by atoms with E-state index in [4.69, 9.17) is 23.2 Å². The molecule has 0 aliphatic heterocycles.